The van der Waals surface area contributed by atoms with Crippen LogP contribution in [0.15, 0.2) is 60.7 Å². The van der Waals surface area contributed by atoms with Crippen LogP contribution in [0.1, 0.15) is 30.5 Å². The number of hydrogen-bond donors (Lipinski definition) is 1. The summed E-state index contributed by atoms with van der Waals surface area (Å²) in [7, 11) is 0. The van der Waals surface area contributed by atoms with E-state index in [1.54, 1.807) is 42.9 Å². The van der Waals surface area contributed by atoms with Crippen molar-refractivity contribution < 1.29 is 19.4 Å². The van der Waals surface area contributed by atoms with Gasteiger partial charge in [-0.25, -0.2) is 4.98 Å². The smallest absolute Gasteiger partial charge is 0.295 e. The molecule has 1 fully saturated rings. The van der Waals surface area contributed by atoms with Crippen LogP contribution < -0.4 is 4.74 Å². The number of aliphatic hydroxyl groups is 1. The third kappa shape index (κ3) is 5.17. The fourth-order valence-corrected chi connectivity index (χ4v) is 4.60. The summed E-state index contributed by atoms with van der Waals surface area (Å²) in [5, 5.41) is 12.1. The fourth-order valence-electron chi connectivity index (χ4n) is 4.06. The highest BCUT2D eigenvalue weighted by Gasteiger charge is 2.46. The highest BCUT2D eigenvalue weighted by atomic mass is 35.5. The maximum absolute atomic E-state index is 13.2. The molecule has 0 aliphatic carbocycles. The quantitative estimate of drug-likeness (QED) is 0.226. The van der Waals surface area contributed by atoms with Crippen molar-refractivity contribution in [1.82, 2.24) is 14.5 Å². The van der Waals surface area contributed by atoms with Crippen LogP contribution in [0, 0.1) is 0 Å². The number of aromatic nitrogens is 2. The third-order valence-corrected chi connectivity index (χ3v) is 6.71. The number of carbonyl (C=O) groups excluding carboxylic acids is 2. The van der Waals surface area contributed by atoms with Crippen LogP contribution in [0.25, 0.3) is 5.76 Å². The second-order valence-electron chi connectivity index (χ2n) is 7.90. The molecule has 1 aromatic heterocycles. The number of carbonyl (C=O) groups is 2. The lowest BCUT2D eigenvalue weighted by Gasteiger charge is -2.25. The molecule has 0 saturated carbocycles. The van der Waals surface area contributed by atoms with E-state index in [0.717, 1.165) is 0 Å². The molecule has 1 amide bonds. The van der Waals surface area contributed by atoms with Crippen molar-refractivity contribution in [2.45, 2.75) is 25.9 Å². The summed E-state index contributed by atoms with van der Waals surface area (Å²) in [6, 6.07) is 8.73. The molecule has 1 saturated heterocycles. The van der Waals surface area contributed by atoms with Crippen LogP contribution in [0.4, 0.5) is 0 Å². The standard InChI is InChI=1S/C25H22Cl3N3O4/c1-2-35-20-7-5-16(13-19(20)28)23(32)21-22(15-4-6-17(26)18(27)12-15)31(25(34)24(21)33)10-3-9-30-11-8-29-14-30/h4-8,11-14,22,32H,2-3,9-10H2,1H3. The van der Waals surface area contributed by atoms with Crippen molar-refractivity contribution in [3.63, 3.8) is 0 Å². The molecule has 1 aliphatic rings. The van der Waals surface area contributed by atoms with E-state index < -0.39 is 17.7 Å². The molecule has 0 bridgehead atoms. The van der Waals surface area contributed by atoms with E-state index in [1.165, 1.54) is 11.0 Å². The third-order valence-electron chi connectivity index (χ3n) is 5.68. The Bertz CT molecular complexity index is 1290. The maximum atomic E-state index is 13.2. The molecule has 1 unspecified atom stereocenters. The van der Waals surface area contributed by atoms with Crippen molar-refractivity contribution in [1.29, 1.82) is 0 Å². The molecule has 35 heavy (non-hydrogen) atoms. The summed E-state index contributed by atoms with van der Waals surface area (Å²) in [4.78, 5) is 31.7. The minimum Gasteiger partial charge on any atom is -0.507 e. The van der Waals surface area contributed by atoms with E-state index in [-0.39, 0.29) is 27.9 Å². The van der Waals surface area contributed by atoms with E-state index in [9.17, 15) is 14.7 Å². The van der Waals surface area contributed by atoms with Gasteiger partial charge >= 0.3 is 0 Å². The van der Waals surface area contributed by atoms with Crippen LogP contribution in [-0.4, -0.2) is 44.4 Å². The largest absolute Gasteiger partial charge is 0.507 e. The molecule has 7 nitrogen and oxygen atoms in total. The number of halogens is 3. The number of rotatable bonds is 8. The van der Waals surface area contributed by atoms with E-state index in [0.29, 0.717) is 41.5 Å². The minimum absolute atomic E-state index is 0.0451. The first kappa shape index (κ1) is 25.1. The van der Waals surface area contributed by atoms with Crippen LogP contribution in [0.3, 0.4) is 0 Å². The van der Waals surface area contributed by atoms with E-state index in [1.807, 2.05) is 17.7 Å². The van der Waals surface area contributed by atoms with Gasteiger partial charge in [-0.1, -0.05) is 40.9 Å². The first-order valence-electron chi connectivity index (χ1n) is 10.9. The summed E-state index contributed by atoms with van der Waals surface area (Å²) in [5.41, 5.74) is 0.802. The van der Waals surface area contributed by atoms with Gasteiger partial charge in [0.15, 0.2) is 0 Å². The summed E-state index contributed by atoms with van der Waals surface area (Å²) >= 11 is 18.7. The molecular formula is C25H22Cl3N3O4. The normalized spacial score (nSPS) is 17.3. The molecule has 2 aromatic carbocycles. The number of imidazole rings is 1. The monoisotopic (exact) mass is 533 g/mol. The van der Waals surface area contributed by atoms with Gasteiger partial charge in [-0.05, 0) is 49.2 Å². The molecular weight excluding hydrogens is 513 g/mol. The summed E-state index contributed by atoms with van der Waals surface area (Å²) in [5.74, 6) is -1.37. The molecule has 2 heterocycles. The summed E-state index contributed by atoms with van der Waals surface area (Å²) < 4.78 is 7.33. The van der Waals surface area contributed by atoms with E-state index >= 15 is 0 Å². The second-order valence-corrected chi connectivity index (χ2v) is 9.12. The summed E-state index contributed by atoms with van der Waals surface area (Å²) in [6.45, 7) is 3.13. The van der Waals surface area contributed by atoms with Crippen LogP contribution in [0.5, 0.6) is 5.75 Å². The number of aliphatic hydroxyl groups excluding tert-OH is 1. The van der Waals surface area contributed by atoms with Gasteiger partial charge < -0.3 is 19.3 Å². The first-order valence-corrected chi connectivity index (χ1v) is 12.1. The summed E-state index contributed by atoms with van der Waals surface area (Å²) in [6.07, 6.45) is 5.74. The van der Waals surface area contributed by atoms with Gasteiger partial charge in [-0.15, -0.1) is 0 Å². The number of likely N-dealkylation sites (tertiary alicyclic amines) is 1. The van der Waals surface area contributed by atoms with Gasteiger partial charge in [0, 0.05) is 31.0 Å². The molecule has 1 N–H and O–H groups in total. The zero-order valence-electron chi connectivity index (χ0n) is 18.7. The molecule has 182 valence electrons. The second kappa shape index (κ2) is 10.7. The van der Waals surface area contributed by atoms with Gasteiger partial charge in [-0.3, -0.25) is 9.59 Å². The average molecular weight is 535 g/mol. The Labute approximate surface area is 217 Å². The van der Waals surface area contributed by atoms with Crippen molar-refractivity contribution in [3.8, 4) is 5.75 Å². The topological polar surface area (TPSA) is 84.7 Å². The number of benzene rings is 2. The minimum atomic E-state index is -0.849. The molecule has 1 aliphatic heterocycles. The molecule has 0 radical (unpaired) electrons. The van der Waals surface area contributed by atoms with Gasteiger partial charge in [0.1, 0.15) is 11.5 Å². The van der Waals surface area contributed by atoms with Crippen molar-refractivity contribution in [2.24, 2.45) is 0 Å². The Balaban J connectivity index is 1.76. The van der Waals surface area contributed by atoms with Crippen LogP contribution in [0.2, 0.25) is 15.1 Å². The van der Waals surface area contributed by atoms with Crippen LogP contribution >= 0.6 is 34.8 Å². The Morgan fingerprint density at radius 3 is 2.51 bits per heavy atom. The molecule has 3 aromatic rings. The van der Waals surface area contributed by atoms with Crippen LogP contribution in [-0.2, 0) is 16.1 Å². The Morgan fingerprint density at radius 1 is 1.06 bits per heavy atom. The predicted molar refractivity (Wildman–Crippen MR) is 135 cm³/mol. The molecule has 1 atom stereocenters. The molecule has 10 heteroatoms. The van der Waals surface area contributed by atoms with Gasteiger partial charge in [0.05, 0.1) is 39.6 Å². The Kier molecular flexibility index (Phi) is 7.69. The average Bonchev–Trinajstić information content (AvgIpc) is 3.44. The molecule has 0 spiro atoms. The maximum Gasteiger partial charge on any atom is 0.295 e. The highest BCUT2D eigenvalue weighted by molar-refractivity contribution is 6.47. The Hall–Kier alpha value is -3.00. The fraction of sp³-hybridized carbons (Fsp3) is 0.240. The lowest BCUT2D eigenvalue weighted by Crippen LogP contribution is -2.31. The Morgan fingerprint density at radius 2 is 1.86 bits per heavy atom. The number of ketones is 1. The highest BCUT2D eigenvalue weighted by Crippen LogP contribution is 2.41. The SMILES string of the molecule is CCOc1ccc(C(O)=C2C(=O)C(=O)N(CCCn3ccnc3)C2c2ccc(Cl)c(Cl)c2)cc1Cl. The first-order chi connectivity index (χ1) is 16.8. The number of hydrogen-bond acceptors (Lipinski definition) is 5. The number of aryl methyl sites for hydroxylation is 1. The lowest BCUT2D eigenvalue weighted by atomic mass is 9.95. The van der Waals surface area contributed by atoms with E-state index in [2.05, 4.69) is 4.98 Å². The van der Waals surface area contributed by atoms with Crippen molar-refractivity contribution in [2.75, 3.05) is 13.2 Å². The predicted octanol–water partition coefficient (Wildman–Crippen LogP) is 5.75. The lowest BCUT2D eigenvalue weighted by molar-refractivity contribution is -0.139. The van der Waals surface area contributed by atoms with Crippen molar-refractivity contribution >= 4 is 52.3 Å². The molecule has 4 rings (SSSR count). The number of amides is 1. The van der Waals surface area contributed by atoms with Crippen molar-refractivity contribution in [3.05, 3.63) is 86.9 Å². The van der Waals surface area contributed by atoms with Gasteiger partial charge in [-0.2, -0.15) is 0 Å². The van der Waals surface area contributed by atoms with Gasteiger partial charge in [0.2, 0.25) is 0 Å². The number of Topliss-reactive ketones (excluding diaryl/α,β-unsaturated/α-hetero) is 1. The zero-order chi connectivity index (χ0) is 25.1. The zero-order valence-corrected chi connectivity index (χ0v) is 21.0. The number of ether oxygens (including phenoxy) is 1. The number of nitrogens with zero attached hydrogens (tertiary/aromatic N) is 3. The van der Waals surface area contributed by atoms with E-state index in [4.69, 9.17) is 39.5 Å². The van der Waals surface area contributed by atoms with Gasteiger partial charge in [0.25, 0.3) is 11.7 Å².